The molecule has 2 heteroatoms. The molecule has 0 heterocycles. The third-order valence-electron chi connectivity index (χ3n) is 1.22. The normalized spacial score (nSPS) is 8.45. The van der Waals surface area contributed by atoms with E-state index in [1.54, 1.807) is 0 Å². The minimum Gasteiger partial charge on any atom is -0.399 e. The van der Waals surface area contributed by atoms with Crippen molar-refractivity contribution >= 4 is 18.3 Å². The molecule has 0 aromatic heterocycles. The highest BCUT2D eigenvalue weighted by molar-refractivity contribution is 7.80. The Hall–Kier alpha value is -1.07. The molecule has 1 aromatic rings. The highest BCUT2D eigenvalue weighted by Gasteiger charge is 1.84. The Labute approximate surface area is 72.0 Å². The van der Waals surface area contributed by atoms with Gasteiger partial charge in [-0.15, -0.1) is 0 Å². The van der Waals surface area contributed by atoms with Crippen LogP contribution in [-0.2, 0) is 0 Å². The van der Waals surface area contributed by atoms with E-state index in [-0.39, 0.29) is 0 Å². The molecular formula is C9H9NS. The second kappa shape index (κ2) is 3.95. The maximum Gasteiger partial charge on any atom is 0.0521 e. The topological polar surface area (TPSA) is 26.0 Å². The summed E-state index contributed by atoms with van der Waals surface area (Å²) in [5.74, 6) is 6.38. The second-order valence-corrected chi connectivity index (χ2v) is 2.40. The van der Waals surface area contributed by atoms with Crippen LogP contribution in [0.15, 0.2) is 24.3 Å². The minimum absolute atomic E-state index is 0.588. The van der Waals surface area contributed by atoms with Gasteiger partial charge in [0.2, 0.25) is 0 Å². The van der Waals surface area contributed by atoms with E-state index in [0.29, 0.717) is 5.75 Å². The van der Waals surface area contributed by atoms with Gasteiger partial charge in [-0.3, -0.25) is 0 Å². The van der Waals surface area contributed by atoms with Crippen LogP contribution >= 0.6 is 12.6 Å². The molecule has 2 N–H and O–H groups in total. The third-order valence-corrected chi connectivity index (χ3v) is 1.38. The average molecular weight is 163 g/mol. The van der Waals surface area contributed by atoms with E-state index in [1.807, 2.05) is 24.3 Å². The molecule has 1 nitrogen and oxygen atoms in total. The Kier molecular flexibility index (Phi) is 2.88. The lowest BCUT2D eigenvalue weighted by Crippen LogP contribution is -1.83. The van der Waals surface area contributed by atoms with Crippen molar-refractivity contribution in [3.05, 3.63) is 29.8 Å². The van der Waals surface area contributed by atoms with Crippen LogP contribution in [0.5, 0.6) is 0 Å². The molecule has 56 valence electrons. The third kappa shape index (κ3) is 2.57. The van der Waals surface area contributed by atoms with Crippen molar-refractivity contribution in [1.29, 1.82) is 0 Å². The highest BCUT2D eigenvalue weighted by atomic mass is 32.1. The van der Waals surface area contributed by atoms with Gasteiger partial charge in [-0.05, 0) is 24.3 Å². The Balaban J connectivity index is 2.82. The maximum atomic E-state index is 5.49. The van der Waals surface area contributed by atoms with Crippen LogP contribution in [0.1, 0.15) is 5.56 Å². The van der Waals surface area contributed by atoms with Gasteiger partial charge in [-0.1, -0.05) is 11.8 Å². The molecule has 0 saturated heterocycles. The number of nitrogen functional groups attached to an aromatic ring is 1. The summed E-state index contributed by atoms with van der Waals surface area (Å²) in [5, 5.41) is 0. The van der Waals surface area contributed by atoms with Crippen LogP contribution in [0.3, 0.4) is 0 Å². The van der Waals surface area contributed by atoms with E-state index < -0.39 is 0 Å². The molecule has 0 bridgehead atoms. The van der Waals surface area contributed by atoms with E-state index in [4.69, 9.17) is 5.73 Å². The number of benzene rings is 1. The first-order valence-electron chi connectivity index (χ1n) is 3.28. The summed E-state index contributed by atoms with van der Waals surface area (Å²) >= 11 is 3.97. The van der Waals surface area contributed by atoms with Crippen molar-refractivity contribution in [2.24, 2.45) is 0 Å². The summed E-state index contributed by atoms with van der Waals surface area (Å²) in [5.41, 5.74) is 7.24. The lowest BCUT2D eigenvalue weighted by Gasteiger charge is -1.90. The van der Waals surface area contributed by atoms with Crippen molar-refractivity contribution in [3.8, 4) is 11.8 Å². The summed E-state index contributed by atoms with van der Waals surface area (Å²) in [6.07, 6.45) is 0. The Morgan fingerprint density at radius 3 is 2.45 bits per heavy atom. The lowest BCUT2D eigenvalue weighted by molar-refractivity contribution is 1.63. The minimum atomic E-state index is 0.588. The van der Waals surface area contributed by atoms with Gasteiger partial charge >= 0.3 is 0 Å². The molecule has 0 aliphatic rings. The predicted molar refractivity (Wildman–Crippen MR) is 51.6 cm³/mol. The summed E-state index contributed by atoms with van der Waals surface area (Å²) in [6, 6.07) is 7.46. The molecule has 0 amide bonds. The molecule has 0 unspecified atom stereocenters. The molecule has 0 atom stereocenters. The lowest BCUT2D eigenvalue weighted by atomic mass is 10.2. The molecule has 0 fully saturated rings. The molecular weight excluding hydrogens is 154 g/mol. The molecule has 0 aliphatic heterocycles. The zero-order valence-electron chi connectivity index (χ0n) is 6.04. The fraction of sp³-hybridized carbons (Fsp3) is 0.111. The first kappa shape index (κ1) is 8.03. The standard InChI is InChI=1S/C9H9NS/c10-9-5-3-8(4-6-9)2-1-7-11/h3-6,11H,7,10H2. The fourth-order valence-electron chi connectivity index (χ4n) is 0.708. The largest absolute Gasteiger partial charge is 0.399 e. The highest BCUT2D eigenvalue weighted by Crippen LogP contribution is 2.03. The van der Waals surface area contributed by atoms with Gasteiger partial charge in [0.05, 0.1) is 5.75 Å². The van der Waals surface area contributed by atoms with Gasteiger partial charge in [-0.25, -0.2) is 0 Å². The smallest absolute Gasteiger partial charge is 0.0521 e. The molecule has 1 aromatic carbocycles. The maximum absolute atomic E-state index is 5.49. The van der Waals surface area contributed by atoms with Crippen LogP contribution in [0, 0.1) is 11.8 Å². The predicted octanol–water partition coefficient (Wildman–Crippen LogP) is 1.55. The Bertz CT molecular complexity index is 279. The van der Waals surface area contributed by atoms with Crippen LogP contribution < -0.4 is 5.73 Å². The van der Waals surface area contributed by atoms with E-state index in [1.165, 1.54) is 0 Å². The van der Waals surface area contributed by atoms with Gasteiger partial charge in [-0.2, -0.15) is 12.6 Å². The quantitative estimate of drug-likeness (QED) is 0.339. The molecule has 11 heavy (non-hydrogen) atoms. The number of rotatable bonds is 0. The van der Waals surface area contributed by atoms with Crippen molar-refractivity contribution < 1.29 is 0 Å². The van der Waals surface area contributed by atoms with Crippen LogP contribution in [-0.4, -0.2) is 5.75 Å². The van der Waals surface area contributed by atoms with Crippen LogP contribution in [0.25, 0.3) is 0 Å². The number of hydrogen-bond donors (Lipinski definition) is 2. The van der Waals surface area contributed by atoms with Crippen molar-refractivity contribution in [2.45, 2.75) is 0 Å². The number of anilines is 1. The van der Waals surface area contributed by atoms with E-state index in [2.05, 4.69) is 24.5 Å². The Morgan fingerprint density at radius 2 is 1.91 bits per heavy atom. The van der Waals surface area contributed by atoms with Crippen molar-refractivity contribution in [1.82, 2.24) is 0 Å². The molecule has 0 radical (unpaired) electrons. The van der Waals surface area contributed by atoms with Gasteiger partial charge < -0.3 is 5.73 Å². The zero-order chi connectivity index (χ0) is 8.10. The summed E-state index contributed by atoms with van der Waals surface area (Å²) in [7, 11) is 0. The van der Waals surface area contributed by atoms with Crippen molar-refractivity contribution in [2.75, 3.05) is 11.5 Å². The molecule has 0 saturated carbocycles. The van der Waals surface area contributed by atoms with Crippen molar-refractivity contribution in [3.63, 3.8) is 0 Å². The van der Waals surface area contributed by atoms with Gasteiger partial charge in [0.15, 0.2) is 0 Å². The van der Waals surface area contributed by atoms with E-state index >= 15 is 0 Å². The molecule has 0 aliphatic carbocycles. The van der Waals surface area contributed by atoms with Gasteiger partial charge in [0.25, 0.3) is 0 Å². The monoisotopic (exact) mass is 163 g/mol. The molecule has 0 spiro atoms. The van der Waals surface area contributed by atoms with Gasteiger partial charge in [0.1, 0.15) is 0 Å². The first-order valence-corrected chi connectivity index (χ1v) is 3.91. The zero-order valence-corrected chi connectivity index (χ0v) is 6.94. The van der Waals surface area contributed by atoms with E-state index in [0.717, 1.165) is 11.3 Å². The number of nitrogens with two attached hydrogens (primary N) is 1. The van der Waals surface area contributed by atoms with Gasteiger partial charge in [0, 0.05) is 11.3 Å². The first-order chi connectivity index (χ1) is 5.33. The van der Waals surface area contributed by atoms with Crippen LogP contribution in [0.4, 0.5) is 5.69 Å². The fourth-order valence-corrected chi connectivity index (χ4v) is 0.787. The summed E-state index contributed by atoms with van der Waals surface area (Å²) in [4.78, 5) is 0. The SMILES string of the molecule is Nc1ccc(C#CCS)cc1. The number of thiol groups is 1. The summed E-state index contributed by atoms with van der Waals surface area (Å²) in [6.45, 7) is 0. The number of hydrogen-bond acceptors (Lipinski definition) is 2. The van der Waals surface area contributed by atoms with E-state index in [9.17, 15) is 0 Å². The summed E-state index contributed by atoms with van der Waals surface area (Å²) < 4.78 is 0. The van der Waals surface area contributed by atoms with Crippen LogP contribution in [0.2, 0.25) is 0 Å². The second-order valence-electron chi connectivity index (χ2n) is 2.08. The Morgan fingerprint density at radius 1 is 1.27 bits per heavy atom. The molecule has 1 rings (SSSR count). The average Bonchev–Trinajstić information content (AvgIpc) is 2.04.